The van der Waals surface area contributed by atoms with Crippen LogP contribution in [0.3, 0.4) is 0 Å². The lowest BCUT2D eigenvalue weighted by Crippen LogP contribution is -2.38. The van der Waals surface area contributed by atoms with Crippen LogP contribution in [0.1, 0.15) is 5.56 Å². The van der Waals surface area contributed by atoms with E-state index in [0.29, 0.717) is 16.3 Å². The Morgan fingerprint density at radius 2 is 1.80 bits per heavy atom. The summed E-state index contributed by atoms with van der Waals surface area (Å²) in [4.78, 5) is 23.4. The Balaban J connectivity index is 1.70. The normalized spacial score (nSPS) is 10.2. The zero-order valence-electron chi connectivity index (χ0n) is 13.0. The summed E-state index contributed by atoms with van der Waals surface area (Å²) < 4.78 is 18.7. The first-order chi connectivity index (χ1) is 12.0. The van der Waals surface area contributed by atoms with Gasteiger partial charge in [-0.3, -0.25) is 9.59 Å². The fraction of sp³-hybridized carbons (Fsp3) is 0.176. The van der Waals surface area contributed by atoms with E-state index in [1.807, 2.05) is 0 Å². The SMILES string of the molecule is O=C(CNC(=O)COc1ccc(Cl)cc1Cl)NCc1ccccc1F. The standard InChI is InChI=1S/C17H15Cl2FN2O3/c18-12-5-6-15(13(19)7-12)25-10-17(24)22-9-16(23)21-8-11-3-1-2-4-14(11)20/h1-7H,8-10H2,(H,21,23)(H,22,24). The molecular weight excluding hydrogens is 370 g/mol. The summed E-state index contributed by atoms with van der Waals surface area (Å²) in [7, 11) is 0. The Kier molecular flexibility index (Phi) is 7.03. The third-order valence-electron chi connectivity index (χ3n) is 3.13. The minimum atomic E-state index is -0.493. The molecule has 0 aliphatic carbocycles. The number of carbonyl (C=O) groups is 2. The molecule has 0 saturated carbocycles. The predicted molar refractivity (Wildman–Crippen MR) is 93.2 cm³/mol. The lowest BCUT2D eigenvalue weighted by Gasteiger charge is -2.09. The molecule has 0 heterocycles. The van der Waals surface area contributed by atoms with Crippen molar-refractivity contribution >= 4 is 35.0 Å². The van der Waals surface area contributed by atoms with Gasteiger partial charge in [-0.05, 0) is 24.3 Å². The number of halogens is 3. The highest BCUT2D eigenvalue weighted by Gasteiger charge is 2.09. The second-order valence-electron chi connectivity index (χ2n) is 5.01. The molecule has 2 rings (SSSR count). The van der Waals surface area contributed by atoms with Crippen LogP contribution in [0.4, 0.5) is 4.39 Å². The van der Waals surface area contributed by atoms with Gasteiger partial charge in [-0.2, -0.15) is 0 Å². The molecule has 2 N–H and O–H groups in total. The van der Waals surface area contributed by atoms with Crippen LogP contribution in [0.15, 0.2) is 42.5 Å². The molecule has 8 heteroatoms. The van der Waals surface area contributed by atoms with Crippen molar-refractivity contribution in [2.24, 2.45) is 0 Å². The summed E-state index contributed by atoms with van der Waals surface area (Å²) in [6.07, 6.45) is 0. The van der Waals surface area contributed by atoms with Gasteiger partial charge >= 0.3 is 0 Å². The number of nitrogens with one attached hydrogen (secondary N) is 2. The van der Waals surface area contributed by atoms with E-state index in [9.17, 15) is 14.0 Å². The Bertz CT molecular complexity index is 771. The van der Waals surface area contributed by atoms with Gasteiger partial charge in [0.05, 0.1) is 11.6 Å². The summed E-state index contributed by atoms with van der Waals surface area (Å²) in [6, 6.07) is 10.7. The Hall–Kier alpha value is -2.31. The number of carbonyl (C=O) groups excluding carboxylic acids is 2. The van der Waals surface area contributed by atoms with Crippen molar-refractivity contribution in [1.29, 1.82) is 0 Å². The molecular formula is C17H15Cl2FN2O3. The summed E-state index contributed by atoms with van der Waals surface area (Å²) in [5.74, 6) is -1.03. The molecule has 0 radical (unpaired) electrons. The van der Waals surface area contributed by atoms with E-state index in [-0.39, 0.29) is 24.7 Å². The molecule has 0 aliphatic heterocycles. The molecule has 2 aromatic carbocycles. The van der Waals surface area contributed by atoms with Crippen molar-refractivity contribution < 1.29 is 18.7 Å². The van der Waals surface area contributed by atoms with Gasteiger partial charge in [0, 0.05) is 17.1 Å². The van der Waals surface area contributed by atoms with E-state index in [2.05, 4.69) is 10.6 Å². The molecule has 0 bridgehead atoms. The van der Waals surface area contributed by atoms with E-state index in [1.54, 1.807) is 30.3 Å². The van der Waals surface area contributed by atoms with Gasteiger partial charge in [-0.1, -0.05) is 41.4 Å². The van der Waals surface area contributed by atoms with Crippen molar-refractivity contribution in [3.05, 3.63) is 63.9 Å². The fourth-order valence-corrected chi connectivity index (χ4v) is 2.33. The third-order valence-corrected chi connectivity index (χ3v) is 3.66. The van der Waals surface area contributed by atoms with Crippen molar-refractivity contribution in [2.45, 2.75) is 6.54 Å². The van der Waals surface area contributed by atoms with E-state index in [4.69, 9.17) is 27.9 Å². The molecule has 0 spiro atoms. The van der Waals surface area contributed by atoms with E-state index < -0.39 is 17.6 Å². The molecule has 0 fully saturated rings. The predicted octanol–water partition coefficient (Wildman–Crippen LogP) is 2.94. The zero-order chi connectivity index (χ0) is 18.2. The van der Waals surface area contributed by atoms with Crippen molar-refractivity contribution in [2.75, 3.05) is 13.2 Å². The largest absolute Gasteiger partial charge is 0.482 e. The van der Waals surface area contributed by atoms with Crippen molar-refractivity contribution in [1.82, 2.24) is 10.6 Å². The average Bonchev–Trinajstić information content (AvgIpc) is 2.58. The number of amides is 2. The van der Waals surface area contributed by atoms with Crippen LogP contribution in [0.25, 0.3) is 0 Å². The van der Waals surface area contributed by atoms with Gasteiger partial charge in [0.1, 0.15) is 11.6 Å². The minimum absolute atomic E-state index is 0.0399. The summed E-state index contributed by atoms with van der Waals surface area (Å²) >= 11 is 11.7. The Morgan fingerprint density at radius 1 is 1.04 bits per heavy atom. The molecule has 0 aliphatic rings. The van der Waals surface area contributed by atoms with Crippen LogP contribution >= 0.6 is 23.2 Å². The first-order valence-electron chi connectivity index (χ1n) is 7.30. The van der Waals surface area contributed by atoms with E-state index in [0.717, 1.165) is 0 Å². The van der Waals surface area contributed by atoms with Crippen LogP contribution < -0.4 is 15.4 Å². The molecule has 0 unspecified atom stereocenters. The second kappa shape index (κ2) is 9.25. The number of hydrogen-bond acceptors (Lipinski definition) is 3. The van der Waals surface area contributed by atoms with Gasteiger partial charge in [-0.25, -0.2) is 4.39 Å². The van der Waals surface area contributed by atoms with Crippen LogP contribution in [0.5, 0.6) is 5.75 Å². The zero-order valence-corrected chi connectivity index (χ0v) is 14.5. The Morgan fingerprint density at radius 3 is 2.52 bits per heavy atom. The topological polar surface area (TPSA) is 67.4 Å². The van der Waals surface area contributed by atoms with Crippen molar-refractivity contribution in [3.63, 3.8) is 0 Å². The van der Waals surface area contributed by atoms with Gasteiger partial charge in [0.15, 0.2) is 6.61 Å². The maximum absolute atomic E-state index is 13.4. The highest BCUT2D eigenvalue weighted by molar-refractivity contribution is 6.35. The molecule has 0 saturated heterocycles. The molecule has 0 aromatic heterocycles. The van der Waals surface area contributed by atoms with Crippen LogP contribution in [-0.4, -0.2) is 25.0 Å². The second-order valence-corrected chi connectivity index (χ2v) is 5.85. The maximum Gasteiger partial charge on any atom is 0.258 e. The molecule has 2 amide bonds. The van der Waals surface area contributed by atoms with Gasteiger partial charge in [0.25, 0.3) is 5.91 Å². The molecule has 132 valence electrons. The van der Waals surface area contributed by atoms with E-state index in [1.165, 1.54) is 12.1 Å². The maximum atomic E-state index is 13.4. The van der Waals surface area contributed by atoms with Crippen LogP contribution in [0, 0.1) is 5.82 Å². The number of hydrogen-bond donors (Lipinski definition) is 2. The number of rotatable bonds is 7. The molecule has 2 aromatic rings. The first kappa shape index (κ1) is 19.0. The van der Waals surface area contributed by atoms with Crippen molar-refractivity contribution in [3.8, 4) is 5.75 Å². The lowest BCUT2D eigenvalue weighted by atomic mass is 10.2. The number of benzene rings is 2. The lowest BCUT2D eigenvalue weighted by molar-refractivity contribution is -0.127. The van der Waals surface area contributed by atoms with Gasteiger partial charge < -0.3 is 15.4 Å². The number of ether oxygens (including phenoxy) is 1. The smallest absolute Gasteiger partial charge is 0.258 e. The molecule has 25 heavy (non-hydrogen) atoms. The minimum Gasteiger partial charge on any atom is -0.482 e. The monoisotopic (exact) mass is 384 g/mol. The van der Waals surface area contributed by atoms with Crippen LogP contribution in [-0.2, 0) is 16.1 Å². The summed E-state index contributed by atoms with van der Waals surface area (Å²) in [5.41, 5.74) is 0.364. The molecule has 0 atom stereocenters. The third kappa shape index (κ3) is 6.25. The fourth-order valence-electron chi connectivity index (χ4n) is 1.86. The van der Waals surface area contributed by atoms with Crippen LogP contribution in [0.2, 0.25) is 10.0 Å². The summed E-state index contributed by atoms with van der Waals surface area (Å²) in [5, 5.41) is 5.64. The highest BCUT2D eigenvalue weighted by atomic mass is 35.5. The quantitative estimate of drug-likeness (QED) is 0.770. The Labute approximate surface area is 154 Å². The highest BCUT2D eigenvalue weighted by Crippen LogP contribution is 2.27. The first-order valence-corrected chi connectivity index (χ1v) is 8.06. The van der Waals surface area contributed by atoms with E-state index >= 15 is 0 Å². The van der Waals surface area contributed by atoms with Gasteiger partial charge in [-0.15, -0.1) is 0 Å². The summed E-state index contributed by atoms with van der Waals surface area (Å²) in [6.45, 7) is -0.509. The van der Waals surface area contributed by atoms with Gasteiger partial charge in [0.2, 0.25) is 5.91 Å². The molecule has 5 nitrogen and oxygen atoms in total. The average molecular weight is 385 g/mol.